The molecule has 0 fully saturated rings. The standard InChI is InChI=1S/C64H48N4.2C2H6/c1-43-19-7-4-8-20-46-39-49(33-37-57(46)65(43)47-21-9-5-10-22-47)67-59-29-17-13-25-51(59)53-40-44(31-35-60(53)67)45-32-36-63-56(41-45)64(2,3)55-27-15-18-30-62(55)68(63)50-34-38-61-54(42-50)52-26-14-16-28-58(52)66(61)48-23-11-6-12-24-48;2*1-2/h4-19,21-42H,1,20H2,2-3H3;2*1-2H3/b8-4-,19-7-;;. The van der Waals surface area contributed by atoms with Crippen molar-refractivity contribution in [2.24, 2.45) is 0 Å². The molecule has 4 heteroatoms. The van der Waals surface area contributed by atoms with Crippen LogP contribution in [0.3, 0.4) is 0 Å². The summed E-state index contributed by atoms with van der Waals surface area (Å²) >= 11 is 0. The van der Waals surface area contributed by atoms with Crippen LogP contribution in [0.2, 0.25) is 0 Å². The molecule has 4 heterocycles. The zero-order valence-electron chi connectivity index (χ0n) is 42.1. The average Bonchev–Trinajstić information content (AvgIpc) is 3.97. The minimum Gasteiger partial charge on any atom is -0.311 e. The molecule has 4 nitrogen and oxygen atoms in total. The SMILES string of the molecule is C=C1/C=C\C=C/Cc2cc(-n3c4ccccc4c4cc(-c5ccc6c(c5)C(C)(C)c5ccccc5N6c5ccc6c(c5)c5ccccc5n6-c5ccccc5)ccc43)ccc2N1c1ccccc1.CC.CC. The summed E-state index contributed by atoms with van der Waals surface area (Å²) in [6.45, 7) is 17.2. The van der Waals surface area contributed by atoms with Gasteiger partial charge in [-0.2, -0.15) is 0 Å². The van der Waals surface area contributed by atoms with E-state index in [1.165, 1.54) is 82.8 Å². The van der Waals surface area contributed by atoms with E-state index in [-0.39, 0.29) is 5.41 Å². The maximum absolute atomic E-state index is 4.49. The van der Waals surface area contributed by atoms with Gasteiger partial charge in [0.15, 0.2) is 0 Å². The highest BCUT2D eigenvalue weighted by Gasteiger charge is 2.37. The van der Waals surface area contributed by atoms with E-state index in [4.69, 9.17) is 0 Å². The number of allylic oxidation sites excluding steroid dienone is 4. The lowest BCUT2D eigenvalue weighted by atomic mass is 9.73. The van der Waals surface area contributed by atoms with E-state index >= 15 is 0 Å². The van der Waals surface area contributed by atoms with Gasteiger partial charge in [0.25, 0.3) is 0 Å². The van der Waals surface area contributed by atoms with Crippen LogP contribution in [-0.4, -0.2) is 9.13 Å². The van der Waals surface area contributed by atoms with Crippen molar-refractivity contribution in [3.63, 3.8) is 0 Å². The number of hydrogen-bond donors (Lipinski definition) is 0. The summed E-state index contributed by atoms with van der Waals surface area (Å²) in [6.07, 6.45) is 9.34. The second-order valence-corrected chi connectivity index (χ2v) is 18.7. The van der Waals surface area contributed by atoms with Gasteiger partial charge in [0.05, 0.1) is 33.4 Å². The second-order valence-electron chi connectivity index (χ2n) is 18.7. The van der Waals surface area contributed by atoms with Gasteiger partial charge in [-0.05, 0) is 143 Å². The predicted molar refractivity (Wildman–Crippen MR) is 310 cm³/mol. The topological polar surface area (TPSA) is 16.3 Å². The molecule has 2 aromatic heterocycles. The summed E-state index contributed by atoms with van der Waals surface area (Å²) in [4.78, 5) is 4.75. The van der Waals surface area contributed by atoms with Gasteiger partial charge in [0.2, 0.25) is 0 Å². The van der Waals surface area contributed by atoms with Crippen molar-refractivity contribution in [3.05, 3.63) is 260 Å². The molecule has 2 aliphatic rings. The molecule has 0 bridgehead atoms. The van der Waals surface area contributed by atoms with Crippen LogP contribution in [0.1, 0.15) is 58.2 Å². The van der Waals surface area contributed by atoms with Crippen LogP contribution in [0, 0.1) is 0 Å². The molecule has 0 saturated heterocycles. The molecule has 9 aromatic carbocycles. The second kappa shape index (κ2) is 19.0. The Morgan fingerprint density at radius 3 is 1.64 bits per heavy atom. The lowest BCUT2D eigenvalue weighted by molar-refractivity contribution is 0.632. The molecule has 0 aliphatic carbocycles. The number of benzene rings is 9. The fourth-order valence-electron chi connectivity index (χ4n) is 11.2. The Morgan fingerprint density at radius 2 is 0.917 bits per heavy atom. The zero-order valence-corrected chi connectivity index (χ0v) is 42.1. The van der Waals surface area contributed by atoms with E-state index < -0.39 is 0 Å². The molecule has 0 amide bonds. The molecule has 0 N–H and O–H groups in total. The maximum atomic E-state index is 4.49. The lowest BCUT2D eigenvalue weighted by Crippen LogP contribution is -2.30. The average molecular weight is 933 g/mol. The first kappa shape index (κ1) is 45.8. The van der Waals surface area contributed by atoms with E-state index in [2.05, 4.69) is 270 Å². The van der Waals surface area contributed by atoms with Gasteiger partial charge in [-0.25, -0.2) is 0 Å². The zero-order chi connectivity index (χ0) is 49.5. The summed E-state index contributed by atoms with van der Waals surface area (Å²) in [5.41, 5.74) is 19.8. The van der Waals surface area contributed by atoms with Crippen LogP contribution in [0.25, 0.3) is 66.1 Å². The summed E-state index contributed by atoms with van der Waals surface area (Å²) in [5, 5.41) is 4.95. The third kappa shape index (κ3) is 7.54. The third-order valence-electron chi connectivity index (χ3n) is 14.4. The Balaban J connectivity index is 0.00000137. The summed E-state index contributed by atoms with van der Waals surface area (Å²) in [5.74, 6) is 0. The number of hydrogen-bond acceptors (Lipinski definition) is 2. The van der Waals surface area contributed by atoms with Gasteiger partial charge in [-0.3, -0.25) is 0 Å². The van der Waals surface area contributed by atoms with Gasteiger partial charge in [-0.1, -0.05) is 169 Å². The summed E-state index contributed by atoms with van der Waals surface area (Å²) in [6, 6.07) is 75.9. The van der Waals surface area contributed by atoms with E-state index in [9.17, 15) is 0 Å². The molecule has 0 atom stereocenters. The molecule has 11 aromatic rings. The molecular formula is C68H60N4. The highest BCUT2D eigenvalue weighted by molar-refractivity contribution is 6.12. The minimum atomic E-state index is -0.247. The number of fused-ring (bicyclic) bond motifs is 9. The molecule has 72 heavy (non-hydrogen) atoms. The Labute approximate surface area is 424 Å². The summed E-state index contributed by atoms with van der Waals surface area (Å²) < 4.78 is 4.82. The highest BCUT2D eigenvalue weighted by atomic mass is 15.2. The number of rotatable bonds is 5. The van der Waals surface area contributed by atoms with Gasteiger partial charge in [-0.15, -0.1) is 0 Å². The maximum Gasteiger partial charge on any atom is 0.0542 e. The summed E-state index contributed by atoms with van der Waals surface area (Å²) in [7, 11) is 0. The van der Waals surface area contributed by atoms with E-state index in [1.807, 2.05) is 27.7 Å². The molecule has 0 spiro atoms. The fraction of sp³-hybridized carbons (Fsp3) is 0.118. The van der Waals surface area contributed by atoms with Crippen LogP contribution in [0.5, 0.6) is 0 Å². The number of anilines is 5. The molecular weight excluding hydrogens is 873 g/mol. The molecule has 0 saturated carbocycles. The molecule has 0 radical (unpaired) electrons. The van der Waals surface area contributed by atoms with Crippen molar-refractivity contribution in [2.75, 3.05) is 9.80 Å². The van der Waals surface area contributed by atoms with Gasteiger partial charge >= 0.3 is 0 Å². The Hall–Kier alpha value is -8.60. The largest absolute Gasteiger partial charge is 0.311 e. The number of aromatic nitrogens is 2. The lowest BCUT2D eigenvalue weighted by Gasteiger charge is -2.42. The minimum absolute atomic E-state index is 0.247. The van der Waals surface area contributed by atoms with E-state index in [1.54, 1.807) is 0 Å². The molecule has 0 unspecified atom stereocenters. The van der Waals surface area contributed by atoms with Crippen LogP contribution < -0.4 is 9.80 Å². The fourth-order valence-corrected chi connectivity index (χ4v) is 11.2. The Bertz CT molecular complexity index is 3880. The first-order valence-corrected chi connectivity index (χ1v) is 25.6. The van der Waals surface area contributed by atoms with Crippen molar-refractivity contribution in [1.82, 2.24) is 9.13 Å². The normalized spacial score (nSPS) is 14.5. The van der Waals surface area contributed by atoms with Crippen LogP contribution in [0.15, 0.2) is 243 Å². The smallest absolute Gasteiger partial charge is 0.0542 e. The Kier molecular flexibility index (Phi) is 12.1. The van der Waals surface area contributed by atoms with Crippen LogP contribution in [0.4, 0.5) is 28.4 Å². The number of nitrogens with zero attached hydrogens (tertiary/aromatic N) is 4. The molecule has 13 rings (SSSR count). The van der Waals surface area contributed by atoms with Crippen molar-refractivity contribution in [2.45, 2.75) is 53.4 Å². The third-order valence-corrected chi connectivity index (χ3v) is 14.4. The van der Waals surface area contributed by atoms with Gasteiger partial charge < -0.3 is 18.9 Å². The van der Waals surface area contributed by atoms with E-state index in [0.717, 1.165) is 40.6 Å². The van der Waals surface area contributed by atoms with Crippen molar-refractivity contribution < 1.29 is 0 Å². The first-order chi connectivity index (χ1) is 35.4. The van der Waals surface area contributed by atoms with Crippen molar-refractivity contribution >= 4 is 72.0 Å². The predicted octanol–water partition coefficient (Wildman–Crippen LogP) is 19.0. The molecule has 2 aliphatic heterocycles. The van der Waals surface area contributed by atoms with Crippen LogP contribution in [-0.2, 0) is 11.8 Å². The Morgan fingerprint density at radius 1 is 0.389 bits per heavy atom. The monoisotopic (exact) mass is 932 g/mol. The number of para-hydroxylation sites is 5. The highest BCUT2D eigenvalue weighted by Crippen LogP contribution is 2.53. The van der Waals surface area contributed by atoms with Gasteiger partial charge in [0.1, 0.15) is 0 Å². The van der Waals surface area contributed by atoms with E-state index in [0.29, 0.717) is 0 Å². The quantitative estimate of drug-likeness (QED) is 0.171. The first-order valence-electron chi connectivity index (χ1n) is 25.6. The van der Waals surface area contributed by atoms with Crippen molar-refractivity contribution in [1.29, 1.82) is 0 Å². The van der Waals surface area contributed by atoms with Gasteiger partial charge in [0, 0.05) is 61.1 Å². The van der Waals surface area contributed by atoms with Crippen LogP contribution >= 0.6 is 0 Å². The molecule has 352 valence electrons. The van der Waals surface area contributed by atoms with Crippen molar-refractivity contribution in [3.8, 4) is 22.5 Å².